The van der Waals surface area contributed by atoms with Crippen molar-refractivity contribution in [1.29, 1.82) is 0 Å². The van der Waals surface area contributed by atoms with Gasteiger partial charge in [-0.15, -0.1) is 0 Å². The number of anilines is 1. The molecule has 0 saturated heterocycles. The Hall–Kier alpha value is -2.93. The van der Waals surface area contributed by atoms with Crippen LogP contribution in [0, 0.1) is 11.7 Å². The van der Waals surface area contributed by atoms with Crippen LogP contribution in [-0.2, 0) is 0 Å². The van der Waals surface area contributed by atoms with E-state index in [-0.39, 0.29) is 16.2 Å². The van der Waals surface area contributed by atoms with Gasteiger partial charge in [-0.2, -0.15) is 0 Å². The Morgan fingerprint density at radius 3 is 2.42 bits per heavy atom. The smallest absolute Gasteiger partial charge is 0.261 e. The van der Waals surface area contributed by atoms with Gasteiger partial charge in [-0.3, -0.25) is 14.8 Å². The summed E-state index contributed by atoms with van der Waals surface area (Å²) in [7, 11) is 0. The number of pyridine rings is 1. The van der Waals surface area contributed by atoms with Gasteiger partial charge in [0.25, 0.3) is 5.56 Å². The molecule has 24 heavy (non-hydrogen) atoms. The van der Waals surface area contributed by atoms with Crippen LogP contribution in [0.3, 0.4) is 0 Å². The standard InChI is InChI=1S/C17H16N4O2S/c1-10-2-4-12(5-3-10)19-14(11-6-8-18-9-7-11)13-15(22)20-17(24)21-16(13)23/h2-9,14,19H,1H3,(H3,20,21,22,23,24)/t14-/m1/s1. The Kier molecular flexibility index (Phi) is 4.43. The van der Waals surface area contributed by atoms with E-state index in [1.54, 1.807) is 24.5 Å². The van der Waals surface area contributed by atoms with E-state index in [4.69, 9.17) is 12.2 Å². The third-order valence-electron chi connectivity index (χ3n) is 3.65. The first-order chi connectivity index (χ1) is 11.5. The molecule has 0 fully saturated rings. The quantitative estimate of drug-likeness (QED) is 0.548. The van der Waals surface area contributed by atoms with Crippen molar-refractivity contribution in [2.75, 3.05) is 5.32 Å². The molecule has 0 aliphatic heterocycles. The summed E-state index contributed by atoms with van der Waals surface area (Å²) in [6.45, 7) is 2.00. The van der Waals surface area contributed by atoms with Crippen LogP contribution in [0.1, 0.15) is 22.7 Å². The Labute approximate surface area is 143 Å². The first-order valence-electron chi connectivity index (χ1n) is 7.33. The molecule has 122 valence electrons. The van der Waals surface area contributed by atoms with Crippen molar-refractivity contribution < 1.29 is 5.11 Å². The summed E-state index contributed by atoms with van der Waals surface area (Å²) in [6.07, 6.45) is 3.27. The highest BCUT2D eigenvalue weighted by Gasteiger charge is 2.22. The maximum atomic E-state index is 12.4. The van der Waals surface area contributed by atoms with E-state index in [9.17, 15) is 9.90 Å². The molecule has 0 unspecified atom stereocenters. The average Bonchev–Trinajstić information content (AvgIpc) is 2.56. The van der Waals surface area contributed by atoms with E-state index in [1.165, 1.54) is 0 Å². The van der Waals surface area contributed by atoms with Gasteiger partial charge in [0.05, 0.1) is 6.04 Å². The van der Waals surface area contributed by atoms with Gasteiger partial charge in [-0.25, -0.2) is 0 Å². The van der Waals surface area contributed by atoms with E-state index in [1.807, 2.05) is 31.2 Å². The van der Waals surface area contributed by atoms with Crippen molar-refractivity contribution in [3.05, 3.63) is 80.6 Å². The number of hydrogen-bond acceptors (Lipinski definition) is 5. The average molecular weight is 340 g/mol. The number of nitrogens with zero attached hydrogens (tertiary/aromatic N) is 1. The molecular weight excluding hydrogens is 324 g/mol. The first kappa shape index (κ1) is 15.9. The zero-order valence-electron chi connectivity index (χ0n) is 12.9. The molecule has 4 N–H and O–H groups in total. The van der Waals surface area contributed by atoms with Gasteiger partial charge in [-0.05, 0) is 49.0 Å². The lowest BCUT2D eigenvalue weighted by molar-refractivity contribution is 0.440. The summed E-state index contributed by atoms with van der Waals surface area (Å²) in [5.41, 5.74) is 2.46. The molecule has 1 atom stereocenters. The third kappa shape index (κ3) is 3.36. The summed E-state index contributed by atoms with van der Waals surface area (Å²) >= 11 is 4.89. The lowest BCUT2D eigenvalue weighted by Gasteiger charge is -2.20. The van der Waals surface area contributed by atoms with E-state index in [0.717, 1.165) is 16.8 Å². The summed E-state index contributed by atoms with van der Waals surface area (Å²) in [5.74, 6) is -0.259. The molecule has 0 spiro atoms. The Morgan fingerprint density at radius 1 is 1.12 bits per heavy atom. The highest BCUT2D eigenvalue weighted by molar-refractivity contribution is 7.71. The van der Waals surface area contributed by atoms with Crippen molar-refractivity contribution in [2.45, 2.75) is 13.0 Å². The zero-order chi connectivity index (χ0) is 17.1. The fourth-order valence-corrected chi connectivity index (χ4v) is 2.64. The summed E-state index contributed by atoms with van der Waals surface area (Å²) < 4.78 is 0.0741. The first-order valence-corrected chi connectivity index (χ1v) is 7.74. The molecule has 3 rings (SSSR count). The molecule has 2 heterocycles. The predicted octanol–water partition coefficient (Wildman–Crippen LogP) is 3.04. The zero-order valence-corrected chi connectivity index (χ0v) is 13.7. The molecule has 7 heteroatoms. The SMILES string of the molecule is Cc1ccc(N[C@H](c2ccncc2)c2c(O)[nH]c(=S)[nH]c2=O)cc1. The Morgan fingerprint density at radius 2 is 1.79 bits per heavy atom. The molecule has 0 radical (unpaired) electrons. The van der Waals surface area contributed by atoms with Crippen LogP contribution in [0.4, 0.5) is 5.69 Å². The molecule has 2 aromatic heterocycles. The molecule has 0 amide bonds. The van der Waals surface area contributed by atoms with Crippen molar-refractivity contribution >= 4 is 17.9 Å². The van der Waals surface area contributed by atoms with Crippen LogP contribution in [0.5, 0.6) is 5.88 Å². The number of aromatic hydroxyl groups is 1. The summed E-state index contributed by atoms with van der Waals surface area (Å²) in [6, 6.07) is 10.8. The van der Waals surface area contributed by atoms with Gasteiger partial charge in [0.2, 0.25) is 5.88 Å². The molecule has 1 aromatic carbocycles. The van der Waals surface area contributed by atoms with Gasteiger partial charge in [-0.1, -0.05) is 17.7 Å². The lowest BCUT2D eigenvalue weighted by Crippen LogP contribution is -2.23. The minimum atomic E-state index is -0.564. The fourth-order valence-electron chi connectivity index (χ4n) is 2.45. The fraction of sp³-hybridized carbons (Fsp3) is 0.118. The van der Waals surface area contributed by atoms with Crippen LogP contribution in [-0.4, -0.2) is 20.1 Å². The van der Waals surface area contributed by atoms with Gasteiger partial charge in [0, 0.05) is 18.1 Å². The number of aryl methyl sites for hydroxylation is 1. The Bertz CT molecular complexity index is 949. The molecule has 0 aliphatic carbocycles. The van der Waals surface area contributed by atoms with E-state index in [2.05, 4.69) is 20.3 Å². The molecule has 0 bridgehead atoms. The number of benzene rings is 1. The van der Waals surface area contributed by atoms with E-state index in [0.29, 0.717) is 0 Å². The number of H-pyrrole nitrogens is 2. The van der Waals surface area contributed by atoms with Crippen LogP contribution >= 0.6 is 12.2 Å². The molecule has 0 aliphatic rings. The summed E-state index contributed by atoms with van der Waals surface area (Å²) in [4.78, 5) is 21.5. The van der Waals surface area contributed by atoms with Crippen LogP contribution in [0.2, 0.25) is 0 Å². The second kappa shape index (κ2) is 6.67. The van der Waals surface area contributed by atoms with Gasteiger partial charge in [0.1, 0.15) is 5.56 Å². The number of hydrogen-bond donors (Lipinski definition) is 4. The van der Waals surface area contributed by atoms with Crippen LogP contribution in [0.25, 0.3) is 0 Å². The normalized spacial score (nSPS) is 11.9. The van der Waals surface area contributed by atoms with Crippen LogP contribution in [0.15, 0.2) is 53.6 Å². The number of nitrogens with one attached hydrogen (secondary N) is 3. The molecule has 6 nitrogen and oxygen atoms in total. The number of aromatic nitrogens is 3. The maximum absolute atomic E-state index is 12.4. The molecular formula is C17H16N4O2S. The minimum Gasteiger partial charge on any atom is -0.494 e. The highest BCUT2D eigenvalue weighted by atomic mass is 32.1. The van der Waals surface area contributed by atoms with Crippen molar-refractivity contribution in [3.8, 4) is 5.88 Å². The second-order valence-electron chi connectivity index (χ2n) is 5.39. The third-order valence-corrected chi connectivity index (χ3v) is 3.85. The van der Waals surface area contributed by atoms with E-state index >= 15 is 0 Å². The molecule has 0 saturated carbocycles. The van der Waals surface area contributed by atoms with Crippen molar-refractivity contribution in [2.24, 2.45) is 0 Å². The van der Waals surface area contributed by atoms with Gasteiger partial charge < -0.3 is 15.4 Å². The lowest BCUT2D eigenvalue weighted by atomic mass is 10.0. The second-order valence-corrected chi connectivity index (χ2v) is 5.80. The molecule has 3 aromatic rings. The Balaban J connectivity index is 2.11. The highest BCUT2D eigenvalue weighted by Crippen LogP contribution is 2.28. The number of rotatable bonds is 4. The maximum Gasteiger partial charge on any atom is 0.261 e. The van der Waals surface area contributed by atoms with Crippen molar-refractivity contribution in [3.63, 3.8) is 0 Å². The monoisotopic (exact) mass is 340 g/mol. The van der Waals surface area contributed by atoms with Gasteiger partial charge >= 0.3 is 0 Å². The van der Waals surface area contributed by atoms with Gasteiger partial charge in [0.15, 0.2) is 4.77 Å². The van der Waals surface area contributed by atoms with E-state index < -0.39 is 11.6 Å². The minimum absolute atomic E-state index is 0.0741. The summed E-state index contributed by atoms with van der Waals surface area (Å²) in [5, 5.41) is 13.5. The topological polar surface area (TPSA) is 93.8 Å². The predicted molar refractivity (Wildman–Crippen MR) is 94.8 cm³/mol. The van der Waals surface area contributed by atoms with Crippen molar-refractivity contribution in [1.82, 2.24) is 15.0 Å². The number of aromatic amines is 2. The van der Waals surface area contributed by atoms with Crippen LogP contribution < -0.4 is 10.9 Å². The largest absolute Gasteiger partial charge is 0.494 e.